The Morgan fingerprint density at radius 3 is 2.88 bits per heavy atom. The monoisotopic (exact) mass is 494 g/mol. The number of nitrogens with one attached hydrogen (secondary N) is 1. The average Bonchev–Trinajstić information content (AvgIpc) is 2.81. The molecule has 4 atom stereocenters. The average molecular weight is 495 g/mol. The summed E-state index contributed by atoms with van der Waals surface area (Å²) in [7, 11) is -4.10. The first-order valence-electron chi connectivity index (χ1n) is 11.0. The van der Waals surface area contributed by atoms with Crippen molar-refractivity contribution in [3.05, 3.63) is 54.4 Å². The first-order valence-corrected chi connectivity index (χ1v) is 12.5. The van der Waals surface area contributed by atoms with Gasteiger partial charge in [0.2, 0.25) is 15.9 Å². The summed E-state index contributed by atoms with van der Waals surface area (Å²) in [5.41, 5.74) is 0.679. The third-order valence-electron chi connectivity index (χ3n) is 5.86. The van der Waals surface area contributed by atoms with Crippen LogP contribution in [0.25, 0.3) is 0 Å². The molecule has 34 heavy (non-hydrogen) atoms. The van der Waals surface area contributed by atoms with Gasteiger partial charge in [-0.2, -0.15) is 4.31 Å². The molecule has 0 saturated carbocycles. The van der Waals surface area contributed by atoms with E-state index in [0.29, 0.717) is 18.5 Å². The van der Waals surface area contributed by atoms with Crippen molar-refractivity contribution in [3.63, 3.8) is 0 Å². The zero-order valence-corrected chi connectivity index (χ0v) is 19.2. The van der Waals surface area contributed by atoms with Crippen LogP contribution in [0.2, 0.25) is 0 Å². The number of rotatable bonds is 6. The number of carbonyl (C=O) groups excluding carboxylic acids is 1. The summed E-state index contributed by atoms with van der Waals surface area (Å²) in [5, 5.41) is 13.0. The second-order valence-electron chi connectivity index (χ2n) is 8.35. The second-order valence-corrected chi connectivity index (χ2v) is 10.2. The lowest BCUT2D eigenvalue weighted by atomic mass is 9.96. The Morgan fingerprint density at radius 1 is 1.26 bits per heavy atom. The van der Waals surface area contributed by atoms with Crippen LogP contribution in [0.15, 0.2) is 47.8 Å². The number of hydrogen-bond donors (Lipinski definition) is 2. The van der Waals surface area contributed by atoms with E-state index < -0.39 is 40.2 Å². The third kappa shape index (κ3) is 5.94. The molecule has 3 heterocycles. The van der Waals surface area contributed by atoms with Crippen LogP contribution in [0.3, 0.4) is 0 Å². The summed E-state index contributed by atoms with van der Waals surface area (Å²) in [6.45, 7) is 0.0655. The van der Waals surface area contributed by atoms with Crippen molar-refractivity contribution in [2.24, 2.45) is 0 Å². The maximum Gasteiger partial charge on any atom is 0.243 e. The number of fused-ring (bicyclic) bond motifs is 1. The van der Waals surface area contributed by atoms with Gasteiger partial charge in [-0.15, -0.1) is 0 Å². The molecule has 2 aromatic rings. The van der Waals surface area contributed by atoms with E-state index >= 15 is 0 Å². The van der Waals surface area contributed by atoms with Crippen LogP contribution in [0.5, 0.6) is 0 Å². The molecule has 2 saturated heterocycles. The molecule has 1 aromatic carbocycles. The van der Waals surface area contributed by atoms with Crippen molar-refractivity contribution < 1.29 is 32.2 Å². The van der Waals surface area contributed by atoms with Crippen LogP contribution in [0.4, 0.5) is 4.39 Å². The zero-order chi connectivity index (χ0) is 24.1. The fourth-order valence-corrected chi connectivity index (χ4v) is 5.97. The molecule has 184 valence electrons. The number of aromatic nitrogens is 2. The van der Waals surface area contributed by atoms with Crippen molar-refractivity contribution in [2.45, 2.75) is 55.1 Å². The van der Waals surface area contributed by atoms with Crippen molar-refractivity contribution >= 4 is 15.9 Å². The normalized spacial score (nSPS) is 26.2. The van der Waals surface area contributed by atoms with E-state index in [1.165, 1.54) is 28.8 Å². The van der Waals surface area contributed by atoms with Gasteiger partial charge in [0.05, 0.1) is 61.1 Å². The van der Waals surface area contributed by atoms with E-state index in [1.807, 2.05) is 0 Å². The molecule has 0 spiro atoms. The maximum atomic E-state index is 13.7. The summed E-state index contributed by atoms with van der Waals surface area (Å²) in [5.74, 6) is -0.880. The van der Waals surface area contributed by atoms with Gasteiger partial charge in [-0.1, -0.05) is 6.07 Å². The molecule has 4 rings (SSSR count). The molecule has 0 aliphatic carbocycles. The number of nitrogens with zero attached hydrogens (tertiary/aromatic N) is 3. The number of sulfonamides is 1. The van der Waals surface area contributed by atoms with E-state index in [-0.39, 0.29) is 43.5 Å². The third-order valence-corrected chi connectivity index (χ3v) is 7.75. The standard InChI is InChI=1S/C22H27FN4O6S/c23-15-2-1-3-19(8-15)34(30,31)27-11-17(28)12-32-13-21-20(27)5-4-18(33-21)9-22(29)25-10-16-6-7-24-14-26-16/h1-3,6-8,14,17-18,20-21,28H,4-5,9-13H2,(H,25,29)/t17-,18+,20-,21+/m1/s1. The van der Waals surface area contributed by atoms with Gasteiger partial charge in [0, 0.05) is 12.7 Å². The summed E-state index contributed by atoms with van der Waals surface area (Å²) >= 11 is 0. The molecule has 0 bridgehead atoms. The molecular formula is C22H27FN4O6S. The van der Waals surface area contributed by atoms with Crippen molar-refractivity contribution in [2.75, 3.05) is 19.8 Å². The molecule has 0 radical (unpaired) electrons. The number of aliphatic hydroxyl groups is 1. The zero-order valence-electron chi connectivity index (χ0n) is 18.4. The van der Waals surface area contributed by atoms with Crippen molar-refractivity contribution in [1.29, 1.82) is 0 Å². The van der Waals surface area contributed by atoms with Crippen molar-refractivity contribution in [3.8, 4) is 0 Å². The van der Waals surface area contributed by atoms with Gasteiger partial charge in [-0.05, 0) is 37.1 Å². The van der Waals surface area contributed by atoms with Gasteiger partial charge in [0.15, 0.2) is 0 Å². The topological polar surface area (TPSA) is 131 Å². The van der Waals surface area contributed by atoms with E-state index in [1.54, 1.807) is 12.3 Å². The molecule has 2 aliphatic rings. The van der Waals surface area contributed by atoms with Gasteiger partial charge in [-0.25, -0.2) is 22.8 Å². The Morgan fingerprint density at radius 2 is 2.12 bits per heavy atom. The quantitative estimate of drug-likeness (QED) is 0.598. The first kappa shape index (κ1) is 24.6. The van der Waals surface area contributed by atoms with Gasteiger partial charge in [-0.3, -0.25) is 4.79 Å². The molecule has 2 N–H and O–H groups in total. The number of benzene rings is 1. The van der Waals surface area contributed by atoms with Gasteiger partial charge in [0.25, 0.3) is 0 Å². The largest absolute Gasteiger partial charge is 0.389 e. The Hall–Kier alpha value is -2.51. The molecule has 1 amide bonds. The minimum Gasteiger partial charge on any atom is -0.389 e. The van der Waals surface area contributed by atoms with Gasteiger partial charge >= 0.3 is 0 Å². The fraction of sp³-hybridized carbons (Fsp3) is 0.500. The second kappa shape index (κ2) is 10.8. The molecule has 12 heteroatoms. The Labute approximate surface area is 197 Å². The van der Waals surface area contributed by atoms with Crippen LogP contribution in [-0.2, 0) is 30.8 Å². The number of hydrogen-bond acceptors (Lipinski definition) is 8. The lowest BCUT2D eigenvalue weighted by Gasteiger charge is -2.43. The number of carbonyl (C=O) groups is 1. The van der Waals surface area contributed by atoms with E-state index in [4.69, 9.17) is 9.47 Å². The highest BCUT2D eigenvalue weighted by molar-refractivity contribution is 7.89. The molecule has 0 unspecified atom stereocenters. The predicted octanol–water partition coefficient (Wildman–Crippen LogP) is 0.620. The van der Waals surface area contributed by atoms with Crippen molar-refractivity contribution in [1.82, 2.24) is 19.6 Å². The van der Waals surface area contributed by atoms with E-state index in [2.05, 4.69) is 15.3 Å². The first-order chi connectivity index (χ1) is 16.3. The lowest BCUT2D eigenvalue weighted by Crippen LogP contribution is -2.57. The highest BCUT2D eigenvalue weighted by Crippen LogP contribution is 2.31. The summed E-state index contributed by atoms with van der Waals surface area (Å²) < 4.78 is 53.3. The Balaban J connectivity index is 1.44. The molecular weight excluding hydrogens is 467 g/mol. The lowest BCUT2D eigenvalue weighted by molar-refractivity contribution is -0.146. The van der Waals surface area contributed by atoms with Gasteiger partial charge in [0.1, 0.15) is 12.1 Å². The number of aliphatic hydroxyl groups excluding tert-OH is 1. The smallest absolute Gasteiger partial charge is 0.243 e. The number of β-amino-alcohol motifs (C(OH)–C–C–N with tert-alkyl or cyclic N) is 1. The van der Waals surface area contributed by atoms with Crippen LogP contribution in [0, 0.1) is 5.82 Å². The number of halogens is 1. The van der Waals surface area contributed by atoms with Crippen LogP contribution >= 0.6 is 0 Å². The fourth-order valence-electron chi connectivity index (χ4n) is 4.22. The summed E-state index contributed by atoms with van der Waals surface area (Å²) in [6, 6.07) is 5.86. The highest BCUT2D eigenvalue weighted by atomic mass is 32.2. The van der Waals surface area contributed by atoms with E-state index in [0.717, 1.165) is 6.07 Å². The van der Waals surface area contributed by atoms with Gasteiger partial charge < -0.3 is 19.9 Å². The minimum absolute atomic E-state index is 0.0637. The maximum absolute atomic E-state index is 13.7. The molecule has 1 aromatic heterocycles. The predicted molar refractivity (Wildman–Crippen MR) is 117 cm³/mol. The Kier molecular flexibility index (Phi) is 7.84. The SMILES string of the molecule is O=C(C[C@@H]1CC[C@@H]2[C@H](COC[C@H](O)CN2S(=O)(=O)c2cccc(F)c2)O1)NCc1ccncn1. The number of ether oxygens (including phenoxy) is 2. The molecule has 2 aliphatic heterocycles. The molecule has 10 nitrogen and oxygen atoms in total. The molecule has 2 fully saturated rings. The summed E-state index contributed by atoms with van der Waals surface area (Å²) in [4.78, 5) is 20.1. The van der Waals surface area contributed by atoms with Crippen LogP contribution in [-0.4, -0.2) is 77.8 Å². The highest BCUT2D eigenvalue weighted by Gasteiger charge is 2.43. The van der Waals surface area contributed by atoms with Crippen LogP contribution < -0.4 is 5.32 Å². The minimum atomic E-state index is -4.10. The van der Waals surface area contributed by atoms with E-state index in [9.17, 15) is 22.7 Å². The van der Waals surface area contributed by atoms with Crippen LogP contribution in [0.1, 0.15) is 25.0 Å². The number of amides is 1. The Bertz CT molecular complexity index is 1090. The summed E-state index contributed by atoms with van der Waals surface area (Å²) in [6.07, 6.45) is 1.85.